The number of pyridine rings is 1. The summed E-state index contributed by atoms with van der Waals surface area (Å²) in [6.45, 7) is 5.40. The number of hydrogen-bond acceptors (Lipinski definition) is 6. The fourth-order valence-corrected chi connectivity index (χ4v) is 6.98. The Morgan fingerprint density at radius 2 is 2.17 bits per heavy atom. The van der Waals surface area contributed by atoms with E-state index < -0.39 is 21.9 Å². The van der Waals surface area contributed by atoms with Gasteiger partial charge in [-0.25, -0.2) is 8.78 Å². The minimum Gasteiger partial charge on any atom is -0.378 e. The average Bonchev–Trinajstić information content (AvgIpc) is 3.61. The van der Waals surface area contributed by atoms with Crippen LogP contribution in [0.3, 0.4) is 0 Å². The van der Waals surface area contributed by atoms with Gasteiger partial charge in [-0.2, -0.15) is 5.26 Å². The van der Waals surface area contributed by atoms with Crippen molar-refractivity contribution < 1.29 is 13.6 Å². The number of aliphatic imine (C=N–C) groups is 1. The molecule has 36 heavy (non-hydrogen) atoms. The van der Waals surface area contributed by atoms with Gasteiger partial charge in [0.25, 0.3) is 0 Å². The second kappa shape index (κ2) is 9.00. The third kappa shape index (κ3) is 4.17. The number of amides is 1. The maximum absolute atomic E-state index is 15.2. The highest BCUT2D eigenvalue weighted by Crippen LogP contribution is 2.66. The molecule has 0 spiro atoms. The molecular weight excluding hydrogens is 480 g/mol. The van der Waals surface area contributed by atoms with Crippen molar-refractivity contribution >= 4 is 34.7 Å². The Morgan fingerprint density at radius 3 is 2.86 bits per heavy atom. The highest BCUT2D eigenvalue weighted by Gasteiger charge is 2.71. The number of likely N-dealkylation sites (tertiary alicyclic amines) is 1. The van der Waals surface area contributed by atoms with Crippen LogP contribution >= 0.6 is 11.8 Å². The maximum Gasteiger partial charge on any atom is 0.239 e. The number of rotatable bonds is 4. The second-order valence-electron chi connectivity index (χ2n) is 10.1. The van der Waals surface area contributed by atoms with Crippen molar-refractivity contribution in [1.82, 2.24) is 9.88 Å². The third-order valence-electron chi connectivity index (χ3n) is 7.49. The topological polar surface area (TPSA) is 95.4 Å². The zero-order valence-corrected chi connectivity index (χ0v) is 21.0. The summed E-state index contributed by atoms with van der Waals surface area (Å²) in [5.41, 5.74) is 6.30. The fourth-order valence-electron chi connectivity index (χ4n) is 5.54. The van der Waals surface area contributed by atoms with Crippen LogP contribution in [0, 0.1) is 29.0 Å². The normalized spacial score (nSPS) is 29.7. The molecule has 3 heterocycles. The van der Waals surface area contributed by atoms with E-state index in [0.29, 0.717) is 23.5 Å². The summed E-state index contributed by atoms with van der Waals surface area (Å²) >= 11 is 1.29. The maximum atomic E-state index is 15.2. The number of thioether (sulfide) groups is 1. The predicted octanol–water partition coefficient (Wildman–Crippen LogP) is 4.85. The van der Waals surface area contributed by atoms with E-state index in [4.69, 9.17) is 11.0 Å². The first-order valence-corrected chi connectivity index (χ1v) is 12.9. The number of piperidine rings is 1. The van der Waals surface area contributed by atoms with Crippen LogP contribution in [-0.4, -0.2) is 38.8 Å². The lowest BCUT2D eigenvalue weighted by Crippen LogP contribution is -2.49. The van der Waals surface area contributed by atoms with Crippen LogP contribution in [-0.2, 0) is 10.3 Å². The summed E-state index contributed by atoms with van der Waals surface area (Å²) in [4.78, 5) is 24.2. The van der Waals surface area contributed by atoms with Gasteiger partial charge in [-0.1, -0.05) is 24.8 Å². The smallest absolute Gasteiger partial charge is 0.239 e. The van der Waals surface area contributed by atoms with E-state index in [2.05, 4.69) is 16.9 Å². The van der Waals surface area contributed by atoms with Crippen LogP contribution in [0.25, 0.3) is 11.9 Å². The first-order chi connectivity index (χ1) is 17.2. The van der Waals surface area contributed by atoms with Crippen molar-refractivity contribution in [3.63, 3.8) is 0 Å². The lowest BCUT2D eigenvalue weighted by Gasteiger charge is -2.38. The quantitative estimate of drug-likeness (QED) is 0.638. The van der Waals surface area contributed by atoms with Crippen LogP contribution in [0.4, 0.5) is 8.78 Å². The molecule has 3 aliphatic rings. The van der Waals surface area contributed by atoms with Gasteiger partial charge in [0.1, 0.15) is 22.5 Å². The summed E-state index contributed by atoms with van der Waals surface area (Å²) in [5.74, 6) is -0.800. The molecule has 6 nitrogen and oxygen atoms in total. The van der Waals surface area contributed by atoms with Crippen LogP contribution in [0.2, 0.25) is 0 Å². The zero-order chi connectivity index (χ0) is 25.7. The molecule has 1 saturated carbocycles. The van der Waals surface area contributed by atoms with E-state index in [1.807, 2.05) is 17.9 Å². The second-order valence-corrected chi connectivity index (χ2v) is 11.5. The summed E-state index contributed by atoms with van der Waals surface area (Å²) in [6, 6.07) is 9.19. The minimum atomic E-state index is -1.05. The number of aromatic nitrogens is 1. The van der Waals surface area contributed by atoms with Crippen LogP contribution in [0.5, 0.6) is 0 Å². The van der Waals surface area contributed by atoms with Gasteiger partial charge in [0, 0.05) is 30.8 Å². The van der Waals surface area contributed by atoms with Gasteiger partial charge >= 0.3 is 0 Å². The number of nitrogens with zero attached hydrogens (tertiary/aromatic N) is 4. The Bertz CT molecular complexity index is 1320. The van der Waals surface area contributed by atoms with E-state index in [0.717, 1.165) is 25.9 Å². The Morgan fingerprint density at radius 1 is 1.36 bits per heavy atom. The molecule has 2 aromatic rings. The van der Waals surface area contributed by atoms with Crippen molar-refractivity contribution in [3.05, 3.63) is 64.7 Å². The number of fused-ring (bicyclic) bond motifs is 1. The molecule has 1 unspecified atom stereocenters. The van der Waals surface area contributed by atoms with Gasteiger partial charge in [0.15, 0.2) is 5.17 Å². The molecule has 4 atom stereocenters. The van der Waals surface area contributed by atoms with E-state index >= 15 is 4.39 Å². The zero-order valence-electron chi connectivity index (χ0n) is 20.2. The highest BCUT2D eigenvalue weighted by atomic mass is 32.2. The fraction of sp³-hybridized carbons (Fsp3) is 0.407. The largest absolute Gasteiger partial charge is 0.378 e. The van der Waals surface area contributed by atoms with Gasteiger partial charge in [-0.05, 0) is 68.0 Å². The molecule has 2 fully saturated rings. The van der Waals surface area contributed by atoms with Gasteiger partial charge in [0.2, 0.25) is 5.91 Å². The lowest BCUT2D eigenvalue weighted by molar-refractivity contribution is -0.133. The summed E-state index contributed by atoms with van der Waals surface area (Å²) < 4.78 is 29.4. The van der Waals surface area contributed by atoms with E-state index in [-0.39, 0.29) is 28.3 Å². The Labute approximate surface area is 213 Å². The molecule has 1 aromatic carbocycles. The molecular formula is C27H27F2N5OS. The number of nitrogens with two attached hydrogens (primary N) is 1. The average molecular weight is 508 g/mol. The van der Waals surface area contributed by atoms with Gasteiger partial charge in [0.05, 0.1) is 16.8 Å². The molecule has 9 heteroatoms. The molecule has 0 radical (unpaired) electrons. The summed E-state index contributed by atoms with van der Waals surface area (Å²) in [5, 5.41) is 9.17. The Kier molecular flexibility index (Phi) is 6.11. The Balaban J connectivity index is 1.46. The number of amidine groups is 1. The number of hydrogen-bond donors (Lipinski definition) is 1. The van der Waals surface area contributed by atoms with E-state index in [9.17, 15) is 9.18 Å². The number of carbonyl (C=O) groups is 1. The standard InChI is InChI=1S/C27H27F2N5OS/c1-16-4-3-9-34(15-16)24(35)27-12-23(27)26(2,33-25(31)36-27)19-10-17(5-7-20(19)28)11-21(29)22-8-6-18(13-30)14-32-22/h5-8,10-11,14,16,23H,3-4,9,12,15H2,1-2H3,(H2,31,33)/t16?,23-,26+,27-/m0/s1. The van der Waals surface area contributed by atoms with Crippen molar-refractivity contribution in [2.45, 2.75) is 43.4 Å². The number of benzene rings is 1. The third-order valence-corrected chi connectivity index (χ3v) is 8.78. The van der Waals surface area contributed by atoms with Gasteiger partial charge in [-0.15, -0.1) is 0 Å². The molecule has 1 aromatic heterocycles. The van der Waals surface area contributed by atoms with Crippen molar-refractivity contribution in [2.24, 2.45) is 22.6 Å². The molecule has 0 bridgehead atoms. The predicted molar refractivity (Wildman–Crippen MR) is 137 cm³/mol. The molecule has 1 amide bonds. The molecule has 2 N–H and O–H groups in total. The minimum absolute atomic E-state index is 0.0579. The molecule has 1 saturated heterocycles. The first kappa shape index (κ1) is 24.4. The number of halogens is 2. The number of carbonyl (C=O) groups excluding carboxylic acids is 1. The molecule has 5 rings (SSSR count). The van der Waals surface area contributed by atoms with Crippen molar-refractivity contribution in [3.8, 4) is 6.07 Å². The first-order valence-electron chi connectivity index (χ1n) is 12.0. The molecule has 186 valence electrons. The van der Waals surface area contributed by atoms with E-state index in [1.165, 1.54) is 48.3 Å². The Hall–Kier alpha value is -3.25. The lowest BCUT2D eigenvalue weighted by atomic mass is 9.84. The number of nitriles is 1. The molecule has 2 aliphatic heterocycles. The van der Waals surface area contributed by atoms with Crippen LogP contribution in [0.1, 0.15) is 55.5 Å². The summed E-state index contributed by atoms with van der Waals surface area (Å²) in [7, 11) is 0. The van der Waals surface area contributed by atoms with Crippen LogP contribution < -0.4 is 5.73 Å². The highest BCUT2D eigenvalue weighted by molar-refractivity contribution is 8.15. The van der Waals surface area contributed by atoms with Gasteiger partial charge in [-0.3, -0.25) is 14.8 Å². The van der Waals surface area contributed by atoms with E-state index in [1.54, 1.807) is 6.07 Å². The van der Waals surface area contributed by atoms with Crippen LogP contribution in [0.15, 0.2) is 41.5 Å². The van der Waals surface area contributed by atoms with Crippen molar-refractivity contribution in [1.29, 1.82) is 5.26 Å². The molecule has 1 aliphatic carbocycles. The summed E-state index contributed by atoms with van der Waals surface area (Å²) in [6.07, 6.45) is 5.21. The SMILES string of the molecule is CC1CCCN(C(=O)[C@]23C[C@H]2[C@@](C)(c2cc(C=C(F)c4ccc(C#N)cn4)ccc2F)N=C(N)S3)C1. The monoisotopic (exact) mass is 507 g/mol. The van der Waals surface area contributed by atoms with Crippen molar-refractivity contribution in [2.75, 3.05) is 13.1 Å². The van der Waals surface area contributed by atoms with Gasteiger partial charge < -0.3 is 10.6 Å².